The number of carboxylic acid groups (broad SMARTS) is 2. The number of alkyl carbamates (subject to hydrolysis) is 1. The summed E-state index contributed by atoms with van der Waals surface area (Å²) in [4.78, 5) is 49.4. The molecule has 0 saturated carbocycles. The molecule has 0 bridgehead atoms. The molecule has 4 N–H and O–H groups in total. The highest BCUT2D eigenvalue weighted by atomic mass is 16.5. The Labute approximate surface area is 198 Å². The number of ether oxygens (including phenoxy) is 1. The van der Waals surface area contributed by atoms with Crippen LogP contribution in [-0.4, -0.2) is 46.2 Å². The minimum atomic E-state index is -1.56. The third-order valence-electron chi connectivity index (χ3n) is 5.56. The average Bonchev–Trinajstić information content (AvgIpc) is 2.83. The molecular weight excluding hydrogens is 440 g/mol. The van der Waals surface area contributed by atoms with Crippen molar-refractivity contribution in [2.45, 2.75) is 45.4 Å². The van der Waals surface area contributed by atoms with Gasteiger partial charge < -0.3 is 25.6 Å². The fourth-order valence-electron chi connectivity index (χ4n) is 3.38. The molecule has 0 heterocycles. The Hall–Kier alpha value is -3.88. The van der Waals surface area contributed by atoms with Gasteiger partial charge in [0.05, 0.1) is 5.92 Å². The summed E-state index contributed by atoms with van der Waals surface area (Å²) in [5, 5.41) is 24.2. The Balaban J connectivity index is 2.25. The quantitative estimate of drug-likeness (QED) is 0.374. The van der Waals surface area contributed by atoms with Gasteiger partial charge in [-0.25, -0.2) is 9.59 Å². The van der Waals surface area contributed by atoms with Crippen molar-refractivity contribution in [2.24, 2.45) is 11.8 Å². The maximum absolute atomic E-state index is 13.1. The molecule has 0 spiro atoms. The lowest BCUT2D eigenvalue weighted by atomic mass is 9.90. The van der Waals surface area contributed by atoms with Gasteiger partial charge in [0, 0.05) is 0 Å². The number of aliphatic carboxylic acids is 2. The van der Waals surface area contributed by atoms with Crippen LogP contribution in [0.5, 0.6) is 0 Å². The summed E-state index contributed by atoms with van der Waals surface area (Å²) in [7, 11) is 0. The number of nitrogens with one attached hydrogen (secondary N) is 2. The zero-order valence-corrected chi connectivity index (χ0v) is 19.1. The van der Waals surface area contributed by atoms with E-state index in [1.165, 1.54) is 0 Å². The van der Waals surface area contributed by atoms with E-state index in [-0.39, 0.29) is 13.0 Å². The van der Waals surface area contributed by atoms with E-state index in [0.29, 0.717) is 17.5 Å². The zero-order chi connectivity index (χ0) is 25.1. The molecule has 9 heteroatoms. The Kier molecular flexibility index (Phi) is 10.1. The molecule has 2 amide bonds. The Morgan fingerprint density at radius 3 is 1.88 bits per heavy atom. The number of carbonyl (C=O) groups is 4. The van der Waals surface area contributed by atoms with Crippen molar-refractivity contribution < 1.29 is 34.1 Å². The summed E-state index contributed by atoms with van der Waals surface area (Å²) < 4.78 is 5.17. The molecule has 0 aliphatic rings. The van der Waals surface area contributed by atoms with Crippen LogP contribution in [0.15, 0.2) is 60.7 Å². The monoisotopic (exact) mass is 470 g/mol. The lowest BCUT2D eigenvalue weighted by Gasteiger charge is -2.27. The smallest absolute Gasteiger partial charge is 0.408 e. The number of benzene rings is 2. The summed E-state index contributed by atoms with van der Waals surface area (Å²) in [6.07, 6.45) is -0.575. The van der Waals surface area contributed by atoms with Crippen LogP contribution >= 0.6 is 0 Å². The van der Waals surface area contributed by atoms with E-state index in [1.54, 1.807) is 74.5 Å². The fraction of sp³-hybridized carbons (Fsp3) is 0.360. The molecule has 0 aliphatic heterocycles. The molecule has 0 fully saturated rings. The summed E-state index contributed by atoms with van der Waals surface area (Å²) in [6.45, 7) is 3.36. The van der Waals surface area contributed by atoms with Crippen molar-refractivity contribution in [3.05, 3.63) is 71.8 Å². The molecule has 2 rings (SSSR count). The molecule has 2 aromatic rings. The van der Waals surface area contributed by atoms with Gasteiger partial charge in [0.2, 0.25) is 5.91 Å². The number of amides is 2. The predicted molar refractivity (Wildman–Crippen MR) is 124 cm³/mol. The van der Waals surface area contributed by atoms with Crippen LogP contribution in [0.25, 0.3) is 0 Å². The van der Waals surface area contributed by atoms with Gasteiger partial charge in [0.15, 0.2) is 0 Å². The van der Waals surface area contributed by atoms with Crippen LogP contribution in [0.2, 0.25) is 0 Å². The van der Waals surface area contributed by atoms with Crippen molar-refractivity contribution >= 4 is 23.9 Å². The number of carbonyl (C=O) groups excluding carboxylic acids is 2. The minimum absolute atomic E-state index is 0.0612. The minimum Gasteiger partial charge on any atom is -0.481 e. The van der Waals surface area contributed by atoms with Crippen molar-refractivity contribution in [2.75, 3.05) is 0 Å². The summed E-state index contributed by atoms with van der Waals surface area (Å²) in [5.74, 6) is -5.25. The highest BCUT2D eigenvalue weighted by molar-refractivity contribution is 5.93. The summed E-state index contributed by atoms with van der Waals surface area (Å²) in [5.41, 5.74) is 1.35. The maximum atomic E-state index is 13.1. The van der Waals surface area contributed by atoms with E-state index in [4.69, 9.17) is 4.74 Å². The van der Waals surface area contributed by atoms with Crippen LogP contribution in [0, 0.1) is 11.8 Å². The van der Waals surface area contributed by atoms with Gasteiger partial charge in [0.25, 0.3) is 0 Å². The molecule has 1 unspecified atom stereocenters. The number of carboxylic acids is 2. The lowest BCUT2D eigenvalue weighted by Crippen LogP contribution is -2.57. The van der Waals surface area contributed by atoms with Crippen molar-refractivity contribution in [3.63, 3.8) is 0 Å². The van der Waals surface area contributed by atoms with Gasteiger partial charge in [-0.1, -0.05) is 80.9 Å². The van der Waals surface area contributed by atoms with Crippen molar-refractivity contribution in [1.82, 2.24) is 10.6 Å². The second kappa shape index (κ2) is 13.0. The molecule has 0 saturated heterocycles. The van der Waals surface area contributed by atoms with Crippen LogP contribution < -0.4 is 10.6 Å². The van der Waals surface area contributed by atoms with E-state index in [1.807, 2.05) is 0 Å². The predicted octanol–water partition coefficient (Wildman–Crippen LogP) is 2.84. The fourth-order valence-corrected chi connectivity index (χ4v) is 3.38. The van der Waals surface area contributed by atoms with Gasteiger partial charge in [-0.2, -0.15) is 0 Å². The molecule has 182 valence electrons. The SMILES string of the molecule is CC[C@@H](C)[C@@H](NC(=O)[C@@H](NC(=O)OCc1ccccc1)C(Cc1ccccc1)C(=O)O)C(=O)O. The summed E-state index contributed by atoms with van der Waals surface area (Å²) >= 11 is 0. The number of rotatable bonds is 12. The van der Waals surface area contributed by atoms with Crippen LogP contribution in [0.1, 0.15) is 31.4 Å². The molecule has 0 aromatic heterocycles. The number of hydrogen-bond donors (Lipinski definition) is 4. The highest BCUT2D eigenvalue weighted by Crippen LogP contribution is 2.16. The van der Waals surface area contributed by atoms with Gasteiger partial charge in [-0.05, 0) is 23.5 Å². The Morgan fingerprint density at radius 2 is 1.38 bits per heavy atom. The third kappa shape index (κ3) is 7.91. The molecule has 9 nitrogen and oxygen atoms in total. The first kappa shape index (κ1) is 26.4. The summed E-state index contributed by atoms with van der Waals surface area (Å²) in [6, 6.07) is 14.7. The van der Waals surface area contributed by atoms with Gasteiger partial charge in [-0.15, -0.1) is 0 Å². The highest BCUT2D eigenvalue weighted by Gasteiger charge is 2.38. The maximum Gasteiger partial charge on any atom is 0.408 e. The first-order valence-electron chi connectivity index (χ1n) is 11.0. The average molecular weight is 471 g/mol. The molecular formula is C25H30N2O7. The molecule has 0 aliphatic carbocycles. The zero-order valence-electron chi connectivity index (χ0n) is 19.1. The van der Waals surface area contributed by atoms with E-state index in [2.05, 4.69) is 10.6 Å². The second-order valence-corrected chi connectivity index (χ2v) is 8.03. The topological polar surface area (TPSA) is 142 Å². The first-order chi connectivity index (χ1) is 16.2. The molecule has 34 heavy (non-hydrogen) atoms. The van der Waals surface area contributed by atoms with Crippen LogP contribution in [-0.2, 0) is 32.1 Å². The van der Waals surface area contributed by atoms with Crippen LogP contribution in [0.4, 0.5) is 4.79 Å². The van der Waals surface area contributed by atoms with Crippen molar-refractivity contribution in [1.29, 1.82) is 0 Å². The normalized spacial score (nSPS) is 14.2. The van der Waals surface area contributed by atoms with Crippen LogP contribution in [0.3, 0.4) is 0 Å². The largest absolute Gasteiger partial charge is 0.481 e. The third-order valence-corrected chi connectivity index (χ3v) is 5.56. The standard InChI is InChI=1S/C25H30N2O7/c1-3-16(2)20(24(31)32)26-22(28)21(19(23(29)30)14-17-10-6-4-7-11-17)27-25(33)34-15-18-12-8-5-9-13-18/h4-13,16,19-21H,3,14-15H2,1-2H3,(H,26,28)(H,27,33)(H,29,30)(H,31,32)/t16-,19?,20-,21+/m1/s1. The van der Waals surface area contributed by atoms with Gasteiger partial charge >= 0.3 is 18.0 Å². The molecule has 0 radical (unpaired) electrons. The Bertz CT molecular complexity index is 966. The van der Waals surface area contributed by atoms with E-state index >= 15 is 0 Å². The second-order valence-electron chi connectivity index (χ2n) is 8.03. The van der Waals surface area contributed by atoms with Gasteiger partial charge in [-0.3, -0.25) is 9.59 Å². The Morgan fingerprint density at radius 1 is 0.824 bits per heavy atom. The van der Waals surface area contributed by atoms with Crippen molar-refractivity contribution in [3.8, 4) is 0 Å². The number of hydrogen-bond acceptors (Lipinski definition) is 5. The van der Waals surface area contributed by atoms with E-state index < -0.39 is 47.9 Å². The first-order valence-corrected chi connectivity index (χ1v) is 11.0. The molecule has 4 atom stereocenters. The van der Waals surface area contributed by atoms with E-state index in [0.717, 1.165) is 0 Å². The lowest BCUT2D eigenvalue weighted by molar-refractivity contribution is -0.147. The van der Waals surface area contributed by atoms with Gasteiger partial charge in [0.1, 0.15) is 18.7 Å². The molecule has 2 aromatic carbocycles. The van der Waals surface area contributed by atoms with E-state index in [9.17, 15) is 29.4 Å².